The van der Waals surface area contributed by atoms with Crippen LogP contribution in [0.1, 0.15) is 20.3 Å². The molecular weight excluding hydrogens is 254 g/mol. The summed E-state index contributed by atoms with van der Waals surface area (Å²) in [5, 5.41) is 18.0. The fraction of sp³-hybridized carbons (Fsp3) is 0.750. The normalized spacial score (nSPS) is 23.2. The lowest BCUT2D eigenvalue weighted by Crippen LogP contribution is -2.48. The lowest BCUT2D eigenvalue weighted by Gasteiger charge is -2.33. The van der Waals surface area contributed by atoms with Crippen molar-refractivity contribution in [2.75, 3.05) is 19.7 Å². The van der Waals surface area contributed by atoms with Crippen LogP contribution in [0, 0.1) is 17.8 Å². The minimum Gasteiger partial charge on any atom is -0.481 e. The van der Waals surface area contributed by atoms with Crippen molar-refractivity contribution in [3.8, 4) is 0 Å². The number of amides is 1. The molecule has 0 bridgehead atoms. The number of carboxylic acids is 2. The number of rotatable bonds is 4. The molecular formula is C12H19NO6. The summed E-state index contributed by atoms with van der Waals surface area (Å²) in [6, 6.07) is 0. The molecule has 0 aromatic rings. The number of carbonyl (C=O) groups is 3. The lowest BCUT2D eigenvalue weighted by molar-refractivity contribution is -0.156. The standard InChI is InChI=1S/C12H19NO6/c1-7(2)6-19-12(18)13-4-3-8(10(14)15)9(5-13)11(16)17/h7-9H,3-6H2,1-2H3,(H,14,15)(H,16,17). The van der Waals surface area contributed by atoms with Gasteiger partial charge in [0.1, 0.15) is 0 Å². The van der Waals surface area contributed by atoms with E-state index in [1.54, 1.807) is 0 Å². The van der Waals surface area contributed by atoms with Crippen LogP contribution in [0.25, 0.3) is 0 Å². The van der Waals surface area contributed by atoms with Crippen molar-refractivity contribution < 1.29 is 29.3 Å². The molecule has 1 saturated heterocycles. The minimum atomic E-state index is -1.20. The Hall–Kier alpha value is -1.79. The van der Waals surface area contributed by atoms with Gasteiger partial charge < -0.3 is 19.8 Å². The second-order valence-electron chi connectivity index (χ2n) is 5.09. The van der Waals surface area contributed by atoms with Gasteiger partial charge in [0.25, 0.3) is 0 Å². The molecule has 108 valence electrons. The van der Waals surface area contributed by atoms with E-state index < -0.39 is 29.9 Å². The second-order valence-corrected chi connectivity index (χ2v) is 5.09. The Bertz CT molecular complexity index is 367. The average Bonchev–Trinajstić information content (AvgIpc) is 2.34. The molecule has 0 spiro atoms. The largest absolute Gasteiger partial charge is 0.481 e. The van der Waals surface area contributed by atoms with Gasteiger partial charge in [0.05, 0.1) is 18.4 Å². The number of carboxylic acid groups (broad SMARTS) is 2. The van der Waals surface area contributed by atoms with Gasteiger partial charge in [0.15, 0.2) is 0 Å². The Morgan fingerprint density at radius 2 is 1.79 bits per heavy atom. The summed E-state index contributed by atoms with van der Waals surface area (Å²) >= 11 is 0. The SMILES string of the molecule is CC(C)COC(=O)N1CCC(C(=O)O)C(C(=O)O)C1. The van der Waals surface area contributed by atoms with Crippen molar-refractivity contribution in [1.82, 2.24) is 4.90 Å². The van der Waals surface area contributed by atoms with Crippen LogP contribution in [0.15, 0.2) is 0 Å². The molecule has 2 atom stereocenters. The molecule has 0 aromatic heterocycles. The third kappa shape index (κ3) is 4.11. The van der Waals surface area contributed by atoms with Crippen LogP contribution < -0.4 is 0 Å². The second kappa shape index (κ2) is 6.40. The Kier molecular flexibility index (Phi) is 5.14. The van der Waals surface area contributed by atoms with Crippen LogP contribution in [0.4, 0.5) is 4.79 Å². The Morgan fingerprint density at radius 3 is 2.26 bits per heavy atom. The van der Waals surface area contributed by atoms with E-state index in [9.17, 15) is 14.4 Å². The van der Waals surface area contributed by atoms with Crippen LogP contribution in [0.5, 0.6) is 0 Å². The summed E-state index contributed by atoms with van der Waals surface area (Å²) in [4.78, 5) is 35.0. The van der Waals surface area contributed by atoms with Gasteiger partial charge in [-0.15, -0.1) is 0 Å². The quantitative estimate of drug-likeness (QED) is 0.788. The molecule has 2 unspecified atom stereocenters. The van der Waals surface area contributed by atoms with Gasteiger partial charge in [-0.2, -0.15) is 0 Å². The van der Waals surface area contributed by atoms with Crippen molar-refractivity contribution in [2.24, 2.45) is 17.8 Å². The lowest BCUT2D eigenvalue weighted by atomic mass is 9.86. The highest BCUT2D eigenvalue weighted by Crippen LogP contribution is 2.24. The molecule has 7 heteroatoms. The van der Waals surface area contributed by atoms with Gasteiger partial charge in [-0.05, 0) is 12.3 Å². The number of carbonyl (C=O) groups excluding carboxylic acids is 1. The summed E-state index contributed by atoms with van der Waals surface area (Å²) in [7, 11) is 0. The van der Waals surface area contributed by atoms with Gasteiger partial charge in [0.2, 0.25) is 0 Å². The molecule has 1 amide bonds. The fourth-order valence-corrected chi connectivity index (χ4v) is 1.99. The van der Waals surface area contributed by atoms with Crippen molar-refractivity contribution in [3.05, 3.63) is 0 Å². The van der Waals surface area contributed by atoms with E-state index in [0.717, 1.165) is 0 Å². The number of piperidine rings is 1. The summed E-state index contributed by atoms with van der Waals surface area (Å²) in [5.41, 5.74) is 0. The summed E-state index contributed by atoms with van der Waals surface area (Å²) in [6.07, 6.45) is -0.452. The van der Waals surface area contributed by atoms with Crippen molar-refractivity contribution >= 4 is 18.0 Å². The van der Waals surface area contributed by atoms with Crippen LogP contribution >= 0.6 is 0 Å². The van der Waals surface area contributed by atoms with E-state index in [-0.39, 0.29) is 32.0 Å². The molecule has 19 heavy (non-hydrogen) atoms. The maximum atomic E-state index is 11.7. The molecule has 2 N–H and O–H groups in total. The number of likely N-dealkylation sites (tertiary alicyclic amines) is 1. The highest BCUT2D eigenvalue weighted by Gasteiger charge is 2.40. The highest BCUT2D eigenvalue weighted by atomic mass is 16.6. The molecule has 0 radical (unpaired) electrons. The highest BCUT2D eigenvalue weighted by molar-refractivity contribution is 5.81. The molecule has 1 aliphatic heterocycles. The topological polar surface area (TPSA) is 104 Å². The summed E-state index contributed by atoms with van der Waals surface area (Å²) in [5.74, 6) is -4.18. The fourth-order valence-electron chi connectivity index (χ4n) is 1.99. The van der Waals surface area contributed by atoms with E-state index in [2.05, 4.69) is 0 Å². The van der Waals surface area contributed by atoms with Crippen LogP contribution in [0.3, 0.4) is 0 Å². The number of hydrogen-bond acceptors (Lipinski definition) is 4. The van der Waals surface area contributed by atoms with Crippen LogP contribution in [0.2, 0.25) is 0 Å². The van der Waals surface area contributed by atoms with E-state index >= 15 is 0 Å². The number of hydrogen-bond donors (Lipinski definition) is 2. The van der Waals surface area contributed by atoms with Crippen LogP contribution in [-0.4, -0.2) is 52.8 Å². The van der Waals surface area contributed by atoms with E-state index in [1.807, 2.05) is 13.8 Å². The molecule has 0 aliphatic carbocycles. The van der Waals surface area contributed by atoms with Crippen LogP contribution in [-0.2, 0) is 14.3 Å². The van der Waals surface area contributed by atoms with E-state index in [4.69, 9.17) is 14.9 Å². The van der Waals surface area contributed by atoms with Gasteiger partial charge in [-0.3, -0.25) is 9.59 Å². The molecule has 1 aliphatic rings. The molecule has 1 heterocycles. The minimum absolute atomic E-state index is 0.122. The molecule has 0 aromatic carbocycles. The van der Waals surface area contributed by atoms with Gasteiger partial charge in [0, 0.05) is 13.1 Å². The number of nitrogens with zero attached hydrogens (tertiary/aromatic N) is 1. The Morgan fingerprint density at radius 1 is 1.21 bits per heavy atom. The van der Waals surface area contributed by atoms with Crippen molar-refractivity contribution in [3.63, 3.8) is 0 Å². The van der Waals surface area contributed by atoms with Gasteiger partial charge in [-0.25, -0.2) is 4.79 Å². The zero-order chi connectivity index (χ0) is 14.6. The van der Waals surface area contributed by atoms with E-state index in [0.29, 0.717) is 0 Å². The number of aliphatic carboxylic acids is 2. The smallest absolute Gasteiger partial charge is 0.409 e. The number of ether oxygens (including phenoxy) is 1. The van der Waals surface area contributed by atoms with Gasteiger partial charge >= 0.3 is 18.0 Å². The van der Waals surface area contributed by atoms with E-state index in [1.165, 1.54) is 4.90 Å². The maximum Gasteiger partial charge on any atom is 0.409 e. The predicted octanol–water partition coefficient (Wildman–Crippen LogP) is 0.886. The monoisotopic (exact) mass is 273 g/mol. The summed E-state index contributed by atoms with van der Waals surface area (Å²) < 4.78 is 5.01. The molecule has 7 nitrogen and oxygen atoms in total. The molecule has 0 saturated carbocycles. The maximum absolute atomic E-state index is 11.7. The molecule has 1 fully saturated rings. The summed E-state index contributed by atoms with van der Waals surface area (Å²) in [6.45, 7) is 4.13. The van der Waals surface area contributed by atoms with Crippen molar-refractivity contribution in [2.45, 2.75) is 20.3 Å². The Labute approximate surface area is 111 Å². The first-order chi connectivity index (χ1) is 8.82. The first-order valence-corrected chi connectivity index (χ1v) is 6.20. The average molecular weight is 273 g/mol. The third-order valence-corrected chi connectivity index (χ3v) is 3.05. The molecule has 1 rings (SSSR count). The first-order valence-electron chi connectivity index (χ1n) is 6.20. The van der Waals surface area contributed by atoms with Gasteiger partial charge in [-0.1, -0.05) is 13.8 Å². The Balaban J connectivity index is 2.63. The zero-order valence-corrected chi connectivity index (χ0v) is 11.0. The zero-order valence-electron chi connectivity index (χ0n) is 11.0. The van der Waals surface area contributed by atoms with Crippen molar-refractivity contribution in [1.29, 1.82) is 0 Å². The first kappa shape index (κ1) is 15.3. The third-order valence-electron chi connectivity index (χ3n) is 3.05. The predicted molar refractivity (Wildman–Crippen MR) is 64.6 cm³/mol.